The first-order valence-corrected chi connectivity index (χ1v) is 8.17. The van der Waals surface area contributed by atoms with Crippen LogP contribution < -0.4 is 0 Å². The van der Waals surface area contributed by atoms with Gasteiger partial charge in [-0.05, 0) is 0 Å². The third-order valence-electron chi connectivity index (χ3n) is 3.65. The van der Waals surface area contributed by atoms with Crippen molar-refractivity contribution in [1.82, 2.24) is 9.88 Å². The zero-order valence-electron chi connectivity index (χ0n) is 13.6. The van der Waals surface area contributed by atoms with E-state index in [-0.39, 0.29) is 17.8 Å². The van der Waals surface area contributed by atoms with E-state index in [9.17, 15) is 0 Å². The third kappa shape index (κ3) is 4.47. The molecule has 1 fully saturated rings. The van der Waals surface area contributed by atoms with Crippen LogP contribution in [0.25, 0.3) is 0 Å². The predicted molar refractivity (Wildman–Crippen MR) is 83.8 cm³/mol. The molecule has 0 aromatic carbocycles. The third-order valence-corrected chi connectivity index (χ3v) is 4.59. The first kappa shape index (κ1) is 16.8. The van der Waals surface area contributed by atoms with Crippen LogP contribution in [0, 0.1) is 0 Å². The van der Waals surface area contributed by atoms with Gasteiger partial charge in [-0.25, -0.2) is 4.98 Å². The van der Waals surface area contributed by atoms with Crippen LogP contribution in [0.1, 0.15) is 37.6 Å². The molecule has 0 unspecified atom stereocenters. The minimum atomic E-state index is -0.190. The molecule has 0 amide bonds. The number of rotatable bonds is 5. The predicted octanol–water partition coefficient (Wildman–Crippen LogP) is 2.43. The molecule has 0 saturated carbocycles. The number of nitrogens with zero attached hydrogens (tertiary/aromatic N) is 2. The minimum absolute atomic E-state index is 0.0502. The van der Waals surface area contributed by atoms with Crippen LogP contribution in [0.3, 0.4) is 0 Å². The van der Waals surface area contributed by atoms with Gasteiger partial charge >= 0.3 is 0 Å². The Kier molecular flexibility index (Phi) is 5.73. The monoisotopic (exact) mass is 314 g/mol. The first-order chi connectivity index (χ1) is 9.94. The second-order valence-electron chi connectivity index (χ2n) is 6.34. The van der Waals surface area contributed by atoms with Crippen LogP contribution in [-0.4, -0.2) is 56.6 Å². The Balaban J connectivity index is 1.99. The maximum atomic E-state index is 5.89. The molecule has 6 heteroatoms. The highest BCUT2D eigenvalue weighted by Crippen LogP contribution is 2.30. The van der Waals surface area contributed by atoms with Crippen molar-refractivity contribution >= 4 is 11.3 Å². The second kappa shape index (κ2) is 7.15. The summed E-state index contributed by atoms with van der Waals surface area (Å²) in [6, 6.07) is 0. The second-order valence-corrected chi connectivity index (χ2v) is 7.23. The molecule has 0 N–H and O–H groups in total. The number of hydrogen-bond acceptors (Lipinski definition) is 6. The summed E-state index contributed by atoms with van der Waals surface area (Å²) in [6.45, 7) is 9.75. The van der Waals surface area contributed by atoms with Crippen molar-refractivity contribution < 1.29 is 14.2 Å². The van der Waals surface area contributed by atoms with Gasteiger partial charge in [0.2, 0.25) is 0 Å². The van der Waals surface area contributed by atoms with Gasteiger partial charge in [-0.15, -0.1) is 11.3 Å². The molecule has 0 aliphatic carbocycles. The van der Waals surface area contributed by atoms with Crippen LogP contribution in [0.5, 0.6) is 0 Å². The molecule has 1 aliphatic rings. The fraction of sp³-hybridized carbons (Fsp3) is 0.800. The lowest BCUT2D eigenvalue weighted by molar-refractivity contribution is -0.131. The van der Waals surface area contributed by atoms with E-state index >= 15 is 0 Å². The SMILES string of the molecule is COC(CN1CCO[C@@H](c2nc(C(C)(C)C)cs2)C1)OC. The number of methoxy groups -OCH3 is 2. The number of ether oxygens (including phenoxy) is 3. The van der Waals surface area contributed by atoms with Gasteiger partial charge in [-0.1, -0.05) is 20.8 Å². The van der Waals surface area contributed by atoms with Gasteiger partial charge in [-0.2, -0.15) is 0 Å². The summed E-state index contributed by atoms with van der Waals surface area (Å²) < 4.78 is 16.4. The summed E-state index contributed by atoms with van der Waals surface area (Å²) in [6.07, 6.45) is -0.139. The van der Waals surface area contributed by atoms with Crippen LogP contribution in [0.4, 0.5) is 0 Å². The molecular formula is C15H26N2O3S. The fourth-order valence-electron chi connectivity index (χ4n) is 2.25. The minimum Gasteiger partial charge on any atom is -0.368 e. The Morgan fingerprint density at radius 2 is 2.14 bits per heavy atom. The van der Waals surface area contributed by atoms with E-state index in [0.29, 0.717) is 0 Å². The van der Waals surface area contributed by atoms with Crippen molar-refractivity contribution in [2.45, 2.75) is 38.6 Å². The average molecular weight is 314 g/mol. The maximum absolute atomic E-state index is 5.89. The first-order valence-electron chi connectivity index (χ1n) is 7.29. The Hall–Kier alpha value is -0.530. The van der Waals surface area contributed by atoms with Crippen LogP contribution in [0.15, 0.2) is 5.38 Å². The van der Waals surface area contributed by atoms with Gasteiger partial charge in [0.05, 0.1) is 12.3 Å². The van der Waals surface area contributed by atoms with E-state index in [4.69, 9.17) is 19.2 Å². The molecule has 1 aromatic rings. The number of aromatic nitrogens is 1. The molecule has 2 rings (SSSR count). The highest BCUT2D eigenvalue weighted by Gasteiger charge is 2.27. The Labute approximate surface area is 131 Å². The summed E-state index contributed by atoms with van der Waals surface area (Å²) in [5.74, 6) is 0. The van der Waals surface area contributed by atoms with Gasteiger partial charge in [-0.3, -0.25) is 4.90 Å². The van der Waals surface area contributed by atoms with E-state index in [2.05, 4.69) is 31.1 Å². The summed E-state index contributed by atoms with van der Waals surface area (Å²) in [5.41, 5.74) is 1.22. The van der Waals surface area contributed by atoms with Gasteiger partial charge in [0, 0.05) is 44.6 Å². The van der Waals surface area contributed by atoms with Gasteiger partial charge in [0.15, 0.2) is 6.29 Å². The zero-order valence-corrected chi connectivity index (χ0v) is 14.4. The van der Waals surface area contributed by atoms with Crippen molar-refractivity contribution in [1.29, 1.82) is 0 Å². The summed E-state index contributed by atoms with van der Waals surface area (Å²) in [4.78, 5) is 7.07. The molecular weight excluding hydrogens is 288 g/mol. The molecule has 1 atom stereocenters. The molecule has 1 saturated heterocycles. The van der Waals surface area contributed by atoms with E-state index < -0.39 is 0 Å². The average Bonchev–Trinajstić information content (AvgIpc) is 2.95. The molecule has 5 nitrogen and oxygen atoms in total. The summed E-state index contributed by atoms with van der Waals surface area (Å²) in [5, 5.41) is 3.21. The standard InChI is InChI=1S/C15H26N2O3S/c1-15(2,3)12-10-21-14(16-12)11-8-17(6-7-20-11)9-13(18-4)19-5/h10-11,13H,6-9H2,1-5H3/t11-/m1/s1. The van der Waals surface area contributed by atoms with Gasteiger partial charge < -0.3 is 14.2 Å². The van der Waals surface area contributed by atoms with Crippen molar-refractivity contribution in [3.63, 3.8) is 0 Å². The normalized spacial score (nSPS) is 21.1. The van der Waals surface area contributed by atoms with Crippen LogP contribution in [0.2, 0.25) is 0 Å². The van der Waals surface area contributed by atoms with Crippen LogP contribution >= 0.6 is 11.3 Å². The largest absolute Gasteiger partial charge is 0.368 e. The quantitative estimate of drug-likeness (QED) is 0.781. The van der Waals surface area contributed by atoms with Crippen molar-refractivity contribution in [3.05, 3.63) is 16.1 Å². The summed E-state index contributed by atoms with van der Waals surface area (Å²) >= 11 is 1.69. The molecule has 0 bridgehead atoms. The topological polar surface area (TPSA) is 43.8 Å². The van der Waals surface area contributed by atoms with E-state index in [1.807, 2.05) is 0 Å². The Morgan fingerprint density at radius 3 is 2.71 bits per heavy atom. The van der Waals surface area contributed by atoms with Crippen LogP contribution in [-0.2, 0) is 19.6 Å². The highest BCUT2D eigenvalue weighted by molar-refractivity contribution is 7.09. The Morgan fingerprint density at radius 1 is 1.43 bits per heavy atom. The van der Waals surface area contributed by atoms with E-state index in [1.54, 1.807) is 25.6 Å². The fourth-order valence-corrected chi connectivity index (χ4v) is 3.34. The molecule has 0 spiro atoms. The number of morpholine rings is 1. The molecule has 120 valence electrons. The molecule has 2 heterocycles. The smallest absolute Gasteiger partial charge is 0.169 e. The van der Waals surface area contributed by atoms with Crippen molar-refractivity contribution in [2.24, 2.45) is 0 Å². The molecule has 1 aromatic heterocycles. The summed E-state index contributed by atoms with van der Waals surface area (Å²) in [7, 11) is 3.34. The maximum Gasteiger partial charge on any atom is 0.169 e. The van der Waals surface area contributed by atoms with Gasteiger partial charge in [0.25, 0.3) is 0 Å². The van der Waals surface area contributed by atoms with Crippen molar-refractivity contribution in [3.8, 4) is 0 Å². The van der Waals surface area contributed by atoms with E-state index in [1.165, 1.54) is 0 Å². The highest BCUT2D eigenvalue weighted by atomic mass is 32.1. The van der Waals surface area contributed by atoms with E-state index in [0.717, 1.165) is 36.9 Å². The number of thiazole rings is 1. The van der Waals surface area contributed by atoms with Crippen molar-refractivity contribution in [2.75, 3.05) is 40.5 Å². The Bertz CT molecular complexity index is 440. The molecule has 0 radical (unpaired) electrons. The molecule has 1 aliphatic heterocycles. The zero-order chi connectivity index (χ0) is 15.5. The lowest BCUT2D eigenvalue weighted by atomic mass is 9.93. The lowest BCUT2D eigenvalue weighted by Crippen LogP contribution is -2.43. The lowest BCUT2D eigenvalue weighted by Gasteiger charge is -2.33. The van der Waals surface area contributed by atoms with Gasteiger partial charge in [0.1, 0.15) is 11.1 Å². The molecule has 21 heavy (non-hydrogen) atoms. The number of hydrogen-bond donors (Lipinski definition) is 0.